The number of aromatic amines is 1. The second-order valence-electron chi connectivity index (χ2n) is 11.1. The van der Waals surface area contributed by atoms with Gasteiger partial charge < -0.3 is 14.8 Å². The number of rotatable bonds is 8. The molecular weight excluding hydrogens is 565 g/mol. The highest BCUT2D eigenvalue weighted by molar-refractivity contribution is 8.00. The highest BCUT2D eigenvalue weighted by atomic mass is 32.2. The van der Waals surface area contributed by atoms with Gasteiger partial charge in [-0.3, -0.25) is 19.3 Å². The number of carbonyl (C=O) groups is 3. The van der Waals surface area contributed by atoms with Gasteiger partial charge in [-0.2, -0.15) is 0 Å². The molecule has 2 aliphatic carbocycles. The van der Waals surface area contributed by atoms with Crippen LogP contribution in [0.4, 0.5) is 0 Å². The van der Waals surface area contributed by atoms with Crippen molar-refractivity contribution in [1.29, 1.82) is 0 Å². The number of nitrogens with zero attached hydrogens (tertiary/aromatic N) is 1. The number of thioether (sulfide) groups is 1. The molecule has 7 atom stereocenters. The van der Waals surface area contributed by atoms with Gasteiger partial charge in [-0.15, -0.1) is 23.1 Å². The Morgan fingerprint density at radius 1 is 1.07 bits per heavy atom. The van der Waals surface area contributed by atoms with E-state index >= 15 is 0 Å². The Labute approximate surface area is 244 Å². The number of aliphatic carboxylic acids is 1. The maximum Gasteiger partial charge on any atom is 0.303 e. The summed E-state index contributed by atoms with van der Waals surface area (Å²) in [5.41, 5.74) is 2.25. The molecule has 0 radical (unpaired) electrons. The third-order valence-electron chi connectivity index (χ3n) is 9.05. The van der Waals surface area contributed by atoms with Crippen molar-refractivity contribution in [3.8, 4) is 5.75 Å². The summed E-state index contributed by atoms with van der Waals surface area (Å²) in [5.74, 6) is -0.496. The first-order valence-electron chi connectivity index (χ1n) is 13.6. The van der Waals surface area contributed by atoms with E-state index in [9.17, 15) is 14.4 Å². The number of H-pyrrole nitrogens is 1. The van der Waals surface area contributed by atoms with Crippen molar-refractivity contribution in [2.24, 2.45) is 29.6 Å². The number of carbonyl (C=O) groups excluding carboxylic acids is 2. The number of likely N-dealkylation sites (tertiary alicyclic amines) is 1. The number of thiazole rings is 1. The average Bonchev–Trinajstić information content (AvgIpc) is 3.68. The summed E-state index contributed by atoms with van der Waals surface area (Å²) in [4.78, 5) is 44.1. The van der Waals surface area contributed by atoms with E-state index < -0.39 is 5.97 Å². The molecule has 7 nitrogen and oxygen atoms in total. The predicted octanol–water partition coefficient (Wildman–Crippen LogP) is 5.72. The molecule has 2 bridgehead atoms. The molecule has 1 saturated heterocycles. The Balaban J connectivity index is 1.20. The fourth-order valence-electron chi connectivity index (χ4n) is 7.60. The lowest BCUT2D eigenvalue weighted by molar-refractivity contribution is -0.142. The smallest absolute Gasteiger partial charge is 0.303 e. The van der Waals surface area contributed by atoms with Gasteiger partial charge in [-0.1, -0.05) is 42.5 Å². The van der Waals surface area contributed by atoms with E-state index in [1.54, 1.807) is 23.1 Å². The summed E-state index contributed by atoms with van der Waals surface area (Å²) >= 11 is 8.97. The Morgan fingerprint density at radius 3 is 2.62 bits per heavy atom. The third kappa shape index (κ3) is 4.23. The van der Waals surface area contributed by atoms with Crippen LogP contribution >= 0.6 is 35.3 Å². The molecule has 3 fully saturated rings. The minimum absolute atomic E-state index is 0.0510. The molecule has 7 rings (SSSR count). The molecule has 1 aromatic heterocycles. The van der Waals surface area contributed by atoms with Crippen molar-refractivity contribution in [2.45, 2.75) is 42.1 Å². The quantitative estimate of drug-likeness (QED) is 0.255. The van der Waals surface area contributed by atoms with E-state index in [1.807, 2.05) is 42.5 Å². The van der Waals surface area contributed by atoms with Crippen molar-refractivity contribution in [3.63, 3.8) is 0 Å². The number of imide groups is 1. The number of ether oxygens (including phenoxy) is 1. The van der Waals surface area contributed by atoms with Crippen LogP contribution < -0.4 is 4.74 Å². The van der Waals surface area contributed by atoms with Crippen LogP contribution in [0, 0.1) is 33.5 Å². The lowest BCUT2D eigenvalue weighted by Gasteiger charge is -2.43. The van der Waals surface area contributed by atoms with Crippen molar-refractivity contribution in [1.82, 2.24) is 9.88 Å². The van der Waals surface area contributed by atoms with Crippen LogP contribution in [-0.2, 0) is 21.0 Å². The van der Waals surface area contributed by atoms with E-state index in [2.05, 4.69) is 17.1 Å². The molecule has 3 heterocycles. The highest BCUT2D eigenvalue weighted by Crippen LogP contribution is 2.68. The molecule has 2 aromatic carbocycles. The highest BCUT2D eigenvalue weighted by Gasteiger charge is 2.69. The van der Waals surface area contributed by atoms with E-state index in [-0.39, 0.29) is 72.0 Å². The van der Waals surface area contributed by atoms with Crippen LogP contribution in [-0.4, -0.2) is 44.6 Å². The van der Waals surface area contributed by atoms with Crippen LogP contribution in [0.25, 0.3) is 0 Å². The van der Waals surface area contributed by atoms with Gasteiger partial charge in [0.2, 0.25) is 11.8 Å². The Bertz CT molecular complexity index is 1550. The van der Waals surface area contributed by atoms with E-state index in [1.165, 1.54) is 9.78 Å². The van der Waals surface area contributed by atoms with Gasteiger partial charge in [-0.05, 0) is 66.1 Å². The predicted molar refractivity (Wildman–Crippen MR) is 154 cm³/mol. The average molecular weight is 593 g/mol. The number of hydrogen-bond donors (Lipinski definition) is 2. The lowest BCUT2D eigenvalue weighted by atomic mass is 9.68. The number of nitrogens with one attached hydrogen (secondary N) is 1. The molecule has 2 N–H and O–H groups in total. The van der Waals surface area contributed by atoms with E-state index in [0.717, 1.165) is 32.3 Å². The molecule has 4 aliphatic rings. The second-order valence-corrected chi connectivity index (χ2v) is 14.0. The molecule has 2 amide bonds. The van der Waals surface area contributed by atoms with Gasteiger partial charge in [0.15, 0.2) is 3.95 Å². The second kappa shape index (κ2) is 10.2. The lowest BCUT2D eigenvalue weighted by Crippen LogP contribution is -2.42. The fraction of sp³-hybridized carbons (Fsp3) is 0.400. The first-order chi connectivity index (χ1) is 19.4. The number of fused-ring (bicyclic) bond motifs is 9. The van der Waals surface area contributed by atoms with Gasteiger partial charge in [0.05, 0.1) is 16.9 Å². The monoisotopic (exact) mass is 592 g/mol. The summed E-state index contributed by atoms with van der Waals surface area (Å²) < 4.78 is 6.92. The van der Waals surface area contributed by atoms with Crippen molar-refractivity contribution in [2.75, 3.05) is 6.54 Å². The summed E-state index contributed by atoms with van der Waals surface area (Å²) in [6.45, 7) is 0.664. The van der Waals surface area contributed by atoms with E-state index in [4.69, 9.17) is 22.1 Å². The number of carboxylic acid groups (broad SMARTS) is 1. The first kappa shape index (κ1) is 26.0. The van der Waals surface area contributed by atoms with Crippen LogP contribution in [0.15, 0.2) is 59.6 Å². The molecule has 2 aliphatic heterocycles. The zero-order valence-electron chi connectivity index (χ0n) is 21.5. The summed E-state index contributed by atoms with van der Waals surface area (Å²) in [5, 5.41) is 10.3. The van der Waals surface area contributed by atoms with Gasteiger partial charge in [0.1, 0.15) is 12.4 Å². The summed E-state index contributed by atoms with van der Waals surface area (Å²) in [7, 11) is 0. The normalized spacial score (nSPS) is 29.8. The first-order valence-corrected chi connectivity index (χ1v) is 15.7. The standard InChI is InChI=1S/C30H28N2O5S3/c33-20(34)10-5-11-32-28(35)23-18-13-19(24(23)29(32)36)25-22(18)21(26-27(39-25)31-30(38)40-26)16-8-4-9-17(12-16)37-14-15-6-2-1-3-7-15/h1-4,6-9,12,18-19,21-25H,5,10-11,13-14H2,(H,31,38)(H,33,34). The number of benzene rings is 2. The maximum absolute atomic E-state index is 13.6. The minimum Gasteiger partial charge on any atom is -0.489 e. The van der Waals surface area contributed by atoms with E-state index in [0.29, 0.717) is 6.61 Å². The topological polar surface area (TPSA) is 99.7 Å². The Hall–Kier alpha value is -2.95. The van der Waals surface area contributed by atoms with Crippen LogP contribution in [0.2, 0.25) is 0 Å². The molecule has 10 heteroatoms. The molecule has 3 aromatic rings. The van der Waals surface area contributed by atoms with Crippen molar-refractivity contribution < 1.29 is 24.2 Å². The summed E-state index contributed by atoms with van der Waals surface area (Å²) in [6, 6.07) is 18.4. The van der Waals surface area contributed by atoms with Gasteiger partial charge in [0, 0.05) is 29.0 Å². The largest absolute Gasteiger partial charge is 0.489 e. The van der Waals surface area contributed by atoms with Gasteiger partial charge >= 0.3 is 5.97 Å². The third-order valence-corrected chi connectivity index (χ3v) is 12.0. The van der Waals surface area contributed by atoms with Gasteiger partial charge in [-0.25, -0.2) is 0 Å². The number of aromatic nitrogens is 1. The van der Waals surface area contributed by atoms with Crippen molar-refractivity contribution >= 4 is 53.1 Å². The fourth-order valence-corrected chi connectivity index (χ4v) is 10.9. The van der Waals surface area contributed by atoms with Crippen LogP contribution in [0.1, 0.15) is 41.2 Å². The van der Waals surface area contributed by atoms with Crippen LogP contribution in [0.5, 0.6) is 5.75 Å². The summed E-state index contributed by atoms with van der Waals surface area (Å²) in [6.07, 6.45) is 1.11. The minimum atomic E-state index is -0.914. The number of carboxylic acids is 1. The molecule has 0 spiro atoms. The maximum atomic E-state index is 13.6. The zero-order valence-corrected chi connectivity index (χ0v) is 24.0. The SMILES string of the molecule is O=C(O)CCCN1C(=O)C2C3CC(C2C1=O)C1C(c2cccc(OCc4ccccc4)c2)c2sc(=S)[nH]c2SC31. The van der Waals surface area contributed by atoms with Crippen LogP contribution in [0.3, 0.4) is 0 Å². The molecular formula is C30H28N2O5S3. The molecule has 206 valence electrons. The van der Waals surface area contributed by atoms with Gasteiger partial charge in [0.25, 0.3) is 0 Å². The van der Waals surface area contributed by atoms with Crippen molar-refractivity contribution in [3.05, 3.63) is 74.6 Å². The zero-order chi connectivity index (χ0) is 27.5. The number of hydrogen-bond acceptors (Lipinski definition) is 7. The number of amides is 2. The molecule has 2 saturated carbocycles. The molecule has 40 heavy (non-hydrogen) atoms. The Morgan fingerprint density at radius 2 is 1.85 bits per heavy atom. The molecule has 7 unspecified atom stereocenters. The Kier molecular flexibility index (Phi) is 6.59.